The smallest absolute Gasteiger partial charge is 0.241 e. The third kappa shape index (κ3) is 4.06. The first-order valence-corrected chi connectivity index (χ1v) is 7.42. The van der Waals surface area contributed by atoms with Crippen LogP contribution in [0.3, 0.4) is 0 Å². The Balaban J connectivity index is 2.00. The number of nitrogens with one attached hydrogen (secondary N) is 2. The van der Waals surface area contributed by atoms with Crippen LogP contribution in [0.15, 0.2) is 48.5 Å². The number of amides is 1. The molecule has 3 nitrogen and oxygen atoms in total. The number of rotatable bonds is 5. The average Bonchev–Trinajstić information content (AvgIpc) is 2.49. The van der Waals surface area contributed by atoms with Gasteiger partial charge in [-0.1, -0.05) is 41.9 Å². The predicted octanol–water partition coefficient (Wildman–Crippen LogP) is 4.16. The Morgan fingerprint density at radius 1 is 1.09 bits per heavy atom. The monoisotopic (exact) mass is 320 g/mol. The highest BCUT2D eigenvalue weighted by atomic mass is 35.5. The number of para-hydroxylation sites is 1. The van der Waals surface area contributed by atoms with Crippen LogP contribution in [-0.4, -0.2) is 11.9 Å². The largest absolute Gasteiger partial charge is 0.322 e. The van der Waals surface area contributed by atoms with E-state index in [0.29, 0.717) is 5.02 Å². The molecular weight excluding hydrogens is 303 g/mol. The van der Waals surface area contributed by atoms with Gasteiger partial charge in [0.15, 0.2) is 0 Å². The zero-order chi connectivity index (χ0) is 16.1. The van der Waals surface area contributed by atoms with E-state index in [1.807, 2.05) is 25.1 Å². The Hall–Kier alpha value is -1.91. The van der Waals surface area contributed by atoms with Gasteiger partial charge in [0.05, 0.1) is 11.7 Å². The minimum Gasteiger partial charge on any atom is -0.322 e. The van der Waals surface area contributed by atoms with Crippen molar-refractivity contribution >= 4 is 23.2 Å². The van der Waals surface area contributed by atoms with Gasteiger partial charge in [-0.3, -0.25) is 10.1 Å². The number of benzene rings is 2. The summed E-state index contributed by atoms with van der Waals surface area (Å²) < 4.78 is 13.5. The van der Waals surface area contributed by atoms with Gasteiger partial charge in [-0.2, -0.15) is 0 Å². The van der Waals surface area contributed by atoms with Crippen molar-refractivity contribution in [2.45, 2.75) is 25.9 Å². The van der Waals surface area contributed by atoms with Crippen LogP contribution in [0.2, 0.25) is 5.02 Å². The molecule has 0 aliphatic carbocycles. The highest BCUT2D eigenvalue weighted by Gasteiger charge is 2.18. The number of hydrogen-bond acceptors (Lipinski definition) is 2. The number of carbonyl (C=O) groups excluding carboxylic acids is 1. The minimum atomic E-state index is -0.495. The third-order valence-corrected chi connectivity index (χ3v) is 3.74. The molecule has 0 aromatic heterocycles. The first-order chi connectivity index (χ1) is 10.5. The van der Waals surface area contributed by atoms with Crippen LogP contribution >= 0.6 is 11.6 Å². The van der Waals surface area contributed by atoms with Crippen molar-refractivity contribution in [2.75, 3.05) is 5.32 Å². The van der Waals surface area contributed by atoms with E-state index in [-0.39, 0.29) is 17.6 Å². The van der Waals surface area contributed by atoms with Crippen molar-refractivity contribution in [3.8, 4) is 0 Å². The lowest BCUT2D eigenvalue weighted by molar-refractivity contribution is -0.118. The van der Waals surface area contributed by atoms with Gasteiger partial charge < -0.3 is 5.32 Å². The summed E-state index contributed by atoms with van der Waals surface area (Å²) in [6.45, 7) is 3.65. The second-order valence-corrected chi connectivity index (χ2v) is 5.51. The van der Waals surface area contributed by atoms with Crippen molar-refractivity contribution in [1.29, 1.82) is 0 Å². The van der Waals surface area contributed by atoms with E-state index in [4.69, 9.17) is 11.6 Å². The molecule has 22 heavy (non-hydrogen) atoms. The van der Waals surface area contributed by atoms with E-state index in [1.165, 1.54) is 12.1 Å². The van der Waals surface area contributed by atoms with E-state index in [2.05, 4.69) is 10.6 Å². The van der Waals surface area contributed by atoms with E-state index in [1.54, 1.807) is 25.1 Å². The number of hydrogen-bond donors (Lipinski definition) is 2. The summed E-state index contributed by atoms with van der Waals surface area (Å²) in [6, 6.07) is 12.9. The summed E-state index contributed by atoms with van der Waals surface area (Å²) in [5, 5.41) is 6.37. The minimum absolute atomic E-state index is 0.102. The predicted molar refractivity (Wildman–Crippen MR) is 87.5 cm³/mol. The first kappa shape index (κ1) is 16.5. The van der Waals surface area contributed by atoms with Crippen molar-refractivity contribution in [3.63, 3.8) is 0 Å². The molecule has 0 saturated carbocycles. The van der Waals surface area contributed by atoms with Crippen molar-refractivity contribution in [2.24, 2.45) is 0 Å². The fourth-order valence-corrected chi connectivity index (χ4v) is 2.47. The highest BCUT2D eigenvalue weighted by molar-refractivity contribution is 6.31. The molecule has 0 aliphatic heterocycles. The topological polar surface area (TPSA) is 41.1 Å². The summed E-state index contributed by atoms with van der Waals surface area (Å²) in [4.78, 5) is 12.1. The van der Waals surface area contributed by atoms with Crippen LogP contribution in [-0.2, 0) is 4.79 Å². The van der Waals surface area contributed by atoms with Crippen molar-refractivity contribution in [1.82, 2.24) is 5.32 Å². The standard InChI is InChI=1S/C17H18ClFN2O/c1-11(13-7-3-4-8-14(13)18)20-12(2)17(22)21-16-10-6-5-9-15(16)19/h3-12,20H,1-2H3,(H,21,22). The number of carbonyl (C=O) groups is 1. The number of halogens is 2. The fraction of sp³-hybridized carbons (Fsp3) is 0.235. The van der Waals surface area contributed by atoms with Crippen LogP contribution in [0.5, 0.6) is 0 Å². The van der Waals surface area contributed by atoms with Crippen LogP contribution in [0.25, 0.3) is 0 Å². The molecule has 2 N–H and O–H groups in total. The molecule has 0 saturated heterocycles. The number of anilines is 1. The first-order valence-electron chi connectivity index (χ1n) is 7.05. The summed E-state index contributed by atoms with van der Waals surface area (Å²) in [5.74, 6) is -0.758. The van der Waals surface area contributed by atoms with Gasteiger partial charge in [0.1, 0.15) is 5.82 Å². The van der Waals surface area contributed by atoms with Gasteiger partial charge in [0.25, 0.3) is 0 Å². The third-order valence-electron chi connectivity index (χ3n) is 3.40. The lowest BCUT2D eigenvalue weighted by Gasteiger charge is -2.21. The Morgan fingerprint density at radius 3 is 2.41 bits per heavy atom. The second-order valence-electron chi connectivity index (χ2n) is 5.10. The lowest BCUT2D eigenvalue weighted by Crippen LogP contribution is -2.39. The maximum absolute atomic E-state index is 13.5. The second kappa shape index (κ2) is 7.38. The Labute approximate surface area is 134 Å². The zero-order valence-electron chi connectivity index (χ0n) is 12.4. The van der Waals surface area contributed by atoms with Crippen molar-refractivity contribution < 1.29 is 9.18 Å². The van der Waals surface area contributed by atoms with Crippen LogP contribution in [0.1, 0.15) is 25.5 Å². The van der Waals surface area contributed by atoms with E-state index in [0.717, 1.165) is 5.56 Å². The zero-order valence-corrected chi connectivity index (χ0v) is 13.2. The molecule has 0 radical (unpaired) electrons. The lowest BCUT2D eigenvalue weighted by atomic mass is 10.1. The van der Waals surface area contributed by atoms with E-state index < -0.39 is 11.9 Å². The Morgan fingerprint density at radius 2 is 1.73 bits per heavy atom. The molecule has 0 bridgehead atoms. The molecule has 0 spiro atoms. The summed E-state index contributed by atoms with van der Waals surface area (Å²) in [6.07, 6.45) is 0. The SMILES string of the molecule is CC(NC(C)c1ccccc1Cl)C(=O)Nc1ccccc1F. The average molecular weight is 321 g/mol. The van der Waals surface area contributed by atoms with Gasteiger partial charge >= 0.3 is 0 Å². The van der Waals surface area contributed by atoms with Gasteiger partial charge in [-0.05, 0) is 37.6 Å². The molecule has 1 amide bonds. The Bertz CT molecular complexity index is 663. The van der Waals surface area contributed by atoms with E-state index in [9.17, 15) is 9.18 Å². The Kier molecular flexibility index (Phi) is 5.52. The molecule has 2 aromatic rings. The molecule has 0 aliphatic rings. The normalized spacial score (nSPS) is 13.5. The van der Waals surface area contributed by atoms with Crippen LogP contribution in [0.4, 0.5) is 10.1 Å². The molecule has 2 rings (SSSR count). The molecule has 2 aromatic carbocycles. The summed E-state index contributed by atoms with van der Waals surface area (Å²) >= 11 is 6.14. The van der Waals surface area contributed by atoms with Gasteiger partial charge in [-0.25, -0.2) is 4.39 Å². The van der Waals surface area contributed by atoms with Crippen LogP contribution < -0.4 is 10.6 Å². The molecule has 5 heteroatoms. The molecular formula is C17H18ClFN2O. The summed E-state index contributed by atoms with van der Waals surface area (Å²) in [7, 11) is 0. The van der Waals surface area contributed by atoms with Gasteiger partial charge in [-0.15, -0.1) is 0 Å². The van der Waals surface area contributed by atoms with Gasteiger partial charge in [0.2, 0.25) is 5.91 Å². The van der Waals surface area contributed by atoms with Crippen molar-refractivity contribution in [3.05, 3.63) is 64.9 Å². The molecule has 116 valence electrons. The van der Waals surface area contributed by atoms with E-state index >= 15 is 0 Å². The maximum atomic E-state index is 13.5. The van der Waals surface area contributed by atoms with Crippen LogP contribution in [0, 0.1) is 5.82 Å². The quantitative estimate of drug-likeness (QED) is 0.868. The molecule has 2 unspecified atom stereocenters. The molecule has 0 fully saturated rings. The maximum Gasteiger partial charge on any atom is 0.241 e. The fourth-order valence-electron chi connectivity index (χ4n) is 2.17. The molecule has 2 atom stereocenters. The molecule has 0 heterocycles. The van der Waals surface area contributed by atoms with Gasteiger partial charge in [0, 0.05) is 11.1 Å². The summed E-state index contributed by atoms with van der Waals surface area (Å²) in [5.41, 5.74) is 1.08. The highest BCUT2D eigenvalue weighted by Crippen LogP contribution is 2.22.